The lowest BCUT2D eigenvalue weighted by Crippen LogP contribution is -2.34. The maximum atomic E-state index is 8.66. The molecule has 0 aromatic heterocycles. The Morgan fingerprint density at radius 1 is 1.33 bits per heavy atom. The number of hydrogen-bond donors (Lipinski definition) is 1. The van der Waals surface area contributed by atoms with Crippen LogP contribution < -0.4 is 5.73 Å². The molecule has 1 atom stereocenters. The number of hydrogen-bond acceptors (Lipinski definition) is 4. The Bertz CT molecular complexity index is 197. The predicted octanol–water partition coefficient (Wildman–Crippen LogP) is 1.45. The quantitative estimate of drug-likeness (QED) is 0.621. The zero-order chi connectivity index (χ0) is 11.7. The highest BCUT2D eigenvalue weighted by Crippen LogP contribution is 2.06. The second kappa shape index (κ2) is 7.63. The standard InChI is InChI=1S/C11H22N2O2/c1-10(2)15-8-7-14-6-4-5-11(3,13)9-12/h10H,4-8,13H2,1-3H3. The van der Waals surface area contributed by atoms with E-state index in [0.29, 0.717) is 26.2 Å². The topological polar surface area (TPSA) is 68.3 Å². The fourth-order valence-electron chi connectivity index (χ4n) is 1.04. The number of nitriles is 1. The van der Waals surface area contributed by atoms with Gasteiger partial charge in [0, 0.05) is 6.61 Å². The number of nitrogens with two attached hydrogens (primary N) is 1. The van der Waals surface area contributed by atoms with E-state index in [4.69, 9.17) is 20.5 Å². The molecule has 0 spiro atoms. The molecule has 0 aliphatic rings. The molecular weight excluding hydrogens is 192 g/mol. The molecule has 0 amide bonds. The Labute approximate surface area is 92.3 Å². The molecule has 0 aromatic carbocycles. The third-order valence-corrected chi connectivity index (χ3v) is 1.92. The molecule has 0 fully saturated rings. The minimum Gasteiger partial charge on any atom is -0.379 e. The number of rotatable bonds is 8. The Morgan fingerprint density at radius 3 is 2.53 bits per heavy atom. The van der Waals surface area contributed by atoms with E-state index in [9.17, 15) is 0 Å². The van der Waals surface area contributed by atoms with Crippen molar-refractivity contribution in [3.8, 4) is 6.07 Å². The molecule has 4 nitrogen and oxygen atoms in total. The van der Waals surface area contributed by atoms with Crippen LogP contribution >= 0.6 is 0 Å². The summed E-state index contributed by atoms with van der Waals surface area (Å²) in [4.78, 5) is 0. The van der Waals surface area contributed by atoms with Crippen molar-refractivity contribution in [3.63, 3.8) is 0 Å². The fourth-order valence-corrected chi connectivity index (χ4v) is 1.04. The van der Waals surface area contributed by atoms with Crippen molar-refractivity contribution < 1.29 is 9.47 Å². The molecule has 0 rings (SSSR count). The van der Waals surface area contributed by atoms with Gasteiger partial charge in [0.05, 0.1) is 25.4 Å². The van der Waals surface area contributed by atoms with Crippen LogP contribution in [0.1, 0.15) is 33.6 Å². The highest BCUT2D eigenvalue weighted by molar-refractivity contribution is 5.00. The molecule has 0 heterocycles. The van der Waals surface area contributed by atoms with Crippen molar-refractivity contribution in [2.45, 2.75) is 45.3 Å². The summed E-state index contributed by atoms with van der Waals surface area (Å²) in [6.07, 6.45) is 1.72. The van der Waals surface area contributed by atoms with Crippen molar-refractivity contribution in [3.05, 3.63) is 0 Å². The van der Waals surface area contributed by atoms with Gasteiger partial charge in [-0.3, -0.25) is 0 Å². The zero-order valence-corrected chi connectivity index (χ0v) is 9.95. The molecule has 0 bridgehead atoms. The predicted molar refractivity (Wildman–Crippen MR) is 59.3 cm³/mol. The maximum absolute atomic E-state index is 8.66. The van der Waals surface area contributed by atoms with Crippen LogP contribution in [0.25, 0.3) is 0 Å². The summed E-state index contributed by atoms with van der Waals surface area (Å²) in [5.74, 6) is 0. The second-order valence-electron chi connectivity index (χ2n) is 4.16. The summed E-state index contributed by atoms with van der Waals surface area (Å²) in [5.41, 5.74) is 4.93. The van der Waals surface area contributed by atoms with Crippen molar-refractivity contribution in [2.75, 3.05) is 19.8 Å². The van der Waals surface area contributed by atoms with Crippen LogP contribution in [-0.2, 0) is 9.47 Å². The summed E-state index contributed by atoms with van der Waals surface area (Å²) < 4.78 is 10.6. The van der Waals surface area contributed by atoms with Crippen molar-refractivity contribution in [1.29, 1.82) is 5.26 Å². The smallest absolute Gasteiger partial charge is 0.101 e. The minimum atomic E-state index is -0.724. The first-order valence-corrected chi connectivity index (χ1v) is 5.37. The van der Waals surface area contributed by atoms with Gasteiger partial charge in [0.25, 0.3) is 0 Å². The average Bonchev–Trinajstić information content (AvgIpc) is 2.16. The summed E-state index contributed by atoms with van der Waals surface area (Å²) in [5, 5.41) is 8.66. The number of nitrogens with zero attached hydrogens (tertiary/aromatic N) is 1. The highest BCUT2D eigenvalue weighted by Gasteiger charge is 2.15. The molecule has 4 heteroatoms. The van der Waals surface area contributed by atoms with E-state index in [1.807, 2.05) is 13.8 Å². The Balaban J connectivity index is 3.23. The van der Waals surface area contributed by atoms with Gasteiger partial charge in [0.15, 0.2) is 0 Å². The van der Waals surface area contributed by atoms with E-state index in [-0.39, 0.29) is 6.10 Å². The second-order valence-corrected chi connectivity index (χ2v) is 4.16. The van der Waals surface area contributed by atoms with Gasteiger partial charge in [0.2, 0.25) is 0 Å². The van der Waals surface area contributed by atoms with Crippen molar-refractivity contribution in [1.82, 2.24) is 0 Å². The zero-order valence-electron chi connectivity index (χ0n) is 9.95. The van der Waals surface area contributed by atoms with Crippen LogP contribution in [0.15, 0.2) is 0 Å². The first kappa shape index (κ1) is 14.4. The summed E-state index contributed by atoms with van der Waals surface area (Å²) in [6, 6.07) is 2.06. The Morgan fingerprint density at radius 2 is 2.00 bits per heavy atom. The molecule has 0 saturated carbocycles. The SMILES string of the molecule is CC(C)OCCOCCCC(C)(N)C#N. The third-order valence-electron chi connectivity index (χ3n) is 1.92. The van der Waals surface area contributed by atoms with Crippen LogP contribution in [0.4, 0.5) is 0 Å². The van der Waals surface area contributed by atoms with Crippen LogP contribution in [-0.4, -0.2) is 31.5 Å². The lowest BCUT2D eigenvalue weighted by atomic mass is 10.00. The lowest BCUT2D eigenvalue weighted by molar-refractivity contribution is 0.0182. The summed E-state index contributed by atoms with van der Waals surface area (Å²) in [6.45, 7) is 7.58. The molecule has 0 radical (unpaired) electrons. The summed E-state index contributed by atoms with van der Waals surface area (Å²) in [7, 11) is 0. The molecule has 1 unspecified atom stereocenters. The van der Waals surface area contributed by atoms with Crippen LogP contribution in [0.3, 0.4) is 0 Å². The van der Waals surface area contributed by atoms with E-state index in [1.165, 1.54) is 0 Å². The largest absolute Gasteiger partial charge is 0.379 e. The van der Waals surface area contributed by atoms with E-state index < -0.39 is 5.54 Å². The molecule has 15 heavy (non-hydrogen) atoms. The Hall–Kier alpha value is -0.630. The monoisotopic (exact) mass is 214 g/mol. The van der Waals surface area contributed by atoms with Gasteiger partial charge >= 0.3 is 0 Å². The van der Waals surface area contributed by atoms with Crippen LogP contribution in [0.5, 0.6) is 0 Å². The van der Waals surface area contributed by atoms with Gasteiger partial charge in [-0.05, 0) is 33.6 Å². The van der Waals surface area contributed by atoms with Crippen molar-refractivity contribution >= 4 is 0 Å². The highest BCUT2D eigenvalue weighted by atomic mass is 16.5. The Kier molecular flexibility index (Phi) is 7.31. The van der Waals surface area contributed by atoms with Crippen LogP contribution in [0, 0.1) is 11.3 Å². The van der Waals surface area contributed by atoms with Gasteiger partial charge in [-0.25, -0.2) is 0 Å². The van der Waals surface area contributed by atoms with Gasteiger partial charge < -0.3 is 15.2 Å². The first-order chi connectivity index (χ1) is 6.98. The fraction of sp³-hybridized carbons (Fsp3) is 0.909. The summed E-state index contributed by atoms with van der Waals surface area (Å²) >= 11 is 0. The van der Waals surface area contributed by atoms with E-state index in [2.05, 4.69) is 6.07 Å². The molecule has 0 aliphatic carbocycles. The maximum Gasteiger partial charge on any atom is 0.101 e. The molecule has 0 aromatic rings. The van der Waals surface area contributed by atoms with Gasteiger partial charge in [0.1, 0.15) is 5.54 Å². The van der Waals surface area contributed by atoms with E-state index in [1.54, 1.807) is 6.92 Å². The number of ether oxygens (including phenoxy) is 2. The molecule has 0 aliphatic heterocycles. The van der Waals surface area contributed by atoms with Gasteiger partial charge in [-0.1, -0.05) is 0 Å². The average molecular weight is 214 g/mol. The molecule has 0 saturated heterocycles. The lowest BCUT2D eigenvalue weighted by Gasteiger charge is -2.14. The van der Waals surface area contributed by atoms with E-state index >= 15 is 0 Å². The van der Waals surface area contributed by atoms with E-state index in [0.717, 1.165) is 6.42 Å². The minimum absolute atomic E-state index is 0.250. The van der Waals surface area contributed by atoms with Gasteiger partial charge in [-0.15, -0.1) is 0 Å². The third kappa shape index (κ3) is 9.67. The van der Waals surface area contributed by atoms with Gasteiger partial charge in [-0.2, -0.15) is 5.26 Å². The first-order valence-electron chi connectivity index (χ1n) is 5.37. The molecule has 88 valence electrons. The normalized spacial score (nSPS) is 14.9. The molecule has 2 N–H and O–H groups in total. The van der Waals surface area contributed by atoms with Crippen LogP contribution in [0.2, 0.25) is 0 Å². The van der Waals surface area contributed by atoms with Crippen molar-refractivity contribution in [2.24, 2.45) is 5.73 Å². The molecular formula is C11H22N2O2.